The second kappa shape index (κ2) is 7.26. The molecule has 2 aliphatic heterocycles. The van der Waals surface area contributed by atoms with E-state index in [1.54, 1.807) is 0 Å². The minimum Gasteiger partial charge on any atom is -0.357 e. The van der Waals surface area contributed by atoms with Gasteiger partial charge in [-0.05, 0) is 25.0 Å². The SMILES string of the molecule is Cl.Cl.c1cc(-c2nnc3n2CCNC3)nc(N2CCCC2)c1. The van der Waals surface area contributed by atoms with Gasteiger partial charge in [-0.15, -0.1) is 35.0 Å². The first kappa shape index (κ1) is 17.0. The molecule has 2 aliphatic rings. The zero-order valence-electron chi connectivity index (χ0n) is 12.2. The van der Waals surface area contributed by atoms with Gasteiger partial charge in [0.15, 0.2) is 5.82 Å². The fourth-order valence-corrected chi connectivity index (χ4v) is 2.95. The van der Waals surface area contributed by atoms with E-state index in [2.05, 4.69) is 37.1 Å². The molecule has 120 valence electrons. The molecule has 0 amide bonds. The van der Waals surface area contributed by atoms with Crippen molar-refractivity contribution >= 4 is 30.6 Å². The zero-order chi connectivity index (χ0) is 13.4. The first-order valence-electron chi connectivity index (χ1n) is 7.27. The Morgan fingerprint density at radius 3 is 2.64 bits per heavy atom. The fourth-order valence-electron chi connectivity index (χ4n) is 2.95. The smallest absolute Gasteiger partial charge is 0.182 e. The summed E-state index contributed by atoms with van der Waals surface area (Å²) in [5, 5.41) is 11.9. The summed E-state index contributed by atoms with van der Waals surface area (Å²) >= 11 is 0. The van der Waals surface area contributed by atoms with E-state index in [1.165, 1.54) is 12.8 Å². The van der Waals surface area contributed by atoms with E-state index in [1.807, 2.05) is 6.07 Å². The number of nitrogens with one attached hydrogen (secondary N) is 1. The maximum absolute atomic E-state index is 4.79. The van der Waals surface area contributed by atoms with Crippen LogP contribution in [0.4, 0.5) is 5.82 Å². The minimum atomic E-state index is 0. The van der Waals surface area contributed by atoms with Crippen LogP contribution < -0.4 is 10.2 Å². The normalized spacial score (nSPS) is 16.6. The molecule has 0 radical (unpaired) electrons. The molecule has 0 aliphatic carbocycles. The van der Waals surface area contributed by atoms with Crippen molar-refractivity contribution in [1.29, 1.82) is 0 Å². The van der Waals surface area contributed by atoms with E-state index in [4.69, 9.17) is 4.98 Å². The van der Waals surface area contributed by atoms with Crippen LogP contribution in [0.3, 0.4) is 0 Å². The average Bonchev–Trinajstić information content (AvgIpc) is 3.17. The number of fused-ring (bicyclic) bond motifs is 1. The third-order valence-corrected chi connectivity index (χ3v) is 4.02. The summed E-state index contributed by atoms with van der Waals surface area (Å²) in [6.07, 6.45) is 2.52. The predicted octanol–water partition coefficient (Wildman–Crippen LogP) is 1.89. The third-order valence-electron chi connectivity index (χ3n) is 4.02. The maximum Gasteiger partial charge on any atom is 0.182 e. The highest BCUT2D eigenvalue weighted by atomic mass is 35.5. The maximum atomic E-state index is 4.79. The number of halogens is 2. The lowest BCUT2D eigenvalue weighted by molar-refractivity contribution is 0.508. The van der Waals surface area contributed by atoms with Crippen LogP contribution in [0, 0.1) is 0 Å². The summed E-state index contributed by atoms with van der Waals surface area (Å²) in [4.78, 5) is 7.13. The molecule has 0 atom stereocenters. The van der Waals surface area contributed by atoms with Crippen molar-refractivity contribution in [3.05, 3.63) is 24.0 Å². The Kier molecular flexibility index (Phi) is 5.61. The van der Waals surface area contributed by atoms with Gasteiger partial charge in [-0.3, -0.25) is 0 Å². The Morgan fingerprint density at radius 1 is 1.00 bits per heavy atom. The number of nitrogens with zero attached hydrogens (tertiary/aromatic N) is 5. The lowest BCUT2D eigenvalue weighted by Crippen LogP contribution is -2.28. The Balaban J connectivity index is 0.000000882. The molecular weight excluding hydrogens is 323 g/mol. The Hall–Kier alpha value is -1.37. The summed E-state index contributed by atoms with van der Waals surface area (Å²) in [6.45, 7) is 4.88. The van der Waals surface area contributed by atoms with E-state index in [9.17, 15) is 0 Å². The molecular formula is C14H20Cl2N6. The lowest BCUT2D eigenvalue weighted by atomic mass is 10.3. The van der Waals surface area contributed by atoms with Gasteiger partial charge < -0.3 is 14.8 Å². The molecule has 4 heterocycles. The summed E-state index contributed by atoms with van der Waals surface area (Å²) in [6, 6.07) is 6.18. The highest BCUT2D eigenvalue weighted by Crippen LogP contribution is 2.23. The first-order valence-corrected chi connectivity index (χ1v) is 7.27. The van der Waals surface area contributed by atoms with Gasteiger partial charge in [-0.25, -0.2) is 4.98 Å². The molecule has 0 unspecified atom stereocenters. The third kappa shape index (κ3) is 3.04. The predicted molar refractivity (Wildman–Crippen MR) is 90.9 cm³/mol. The summed E-state index contributed by atoms with van der Waals surface area (Å²) in [7, 11) is 0. The van der Waals surface area contributed by atoms with Crippen molar-refractivity contribution in [3.8, 4) is 11.5 Å². The van der Waals surface area contributed by atoms with Gasteiger partial charge in [0.1, 0.15) is 17.3 Å². The van der Waals surface area contributed by atoms with Crippen molar-refractivity contribution in [1.82, 2.24) is 25.1 Å². The Bertz CT molecular complexity index is 624. The topological polar surface area (TPSA) is 58.9 Å². The van der Waals surface area contributed by atoms with Gasteiger partial charge in [-0.1, -0.05) is 6.07 Å². The Labute approximate surface area is 142 Å². The fraction of sp³-hybridized carbons (Fsp3) is 0.500. The van der Waals surface area contributed by atoms with Gasteiger partial charge in [0.25, 0.3) is 0 Å². The monoisotopic (exact) mass is 342 g/mol. The number of pyridine rings is 1. The number of hydrogen-bond acceptors (Lipinski definition) is 5. The van der Waals surface area contributed by atoms with E-state index < -0.39 is 0 Å². The van der Waals surface area contributed by atoms with Crippen molar-refractivity contribution in [2.45, 2.75) is 25.9 Å². The van der Waals surface area contributed by atoms with Crippen molar-refractivity contribution in [2.24, 2.45) is 0 Å². The van der Waals surface area contributed by atoms with Crippen molar-refractivity contribution in [3.63, 3.8) is 0 Å². The molecule has 4 rings (SSSR count). The van der Waals surface area contributed by atoms with Gasteiger partial charge in [0, 0.05) is 26.2 Å². The van der Waals surface area contributed by atoms with Crippen molar-refractivity contribution in [2.75, 3.05) is 24.5 Å². The number of rotatable bonds is 2. The van der Waals surface area contributed by atoms with Crippen LogP contribution in [0.15, 0.2) is 18.2 Å². The van der Waals surface area contributed by atoms with E-state index in [-0.39, 0.29) is 24.8 Å². The number of aromatic nitrogens is 4. The van der Waals surface area contributed by atoms with E-state index >= 15 is 0 Å². The van der Waals surface area contributed by atoms with Gasteiger partial charge >= 0.3 is 0 Å². The first-order chi connectivity index (χ1) is 9.92. The molecule has 0 aromatic carbocycles. The molecule has 0 bridgehead atoms. The lowest BCUT2D eigenvalue weighted by Gasteiger charge is -2.18. The second-order valence-electron chi connectivity index (χ2n) is 5.34. The highest BCUT2D eigenvalue weighted by Gasteiger charge is 2.19. The van der Waals surface area contributed by atoms with E-state index in [0.717, 1.165) is 55.9 Å². The van der Waals surface area contributed by atoms with Crippen LogP contribution in [0.25, 0.3) is 11.5 Å². The number of hydrogen-bond donors (Lipinski definition) is 1. The quantitative estimate of drug-likeness (QED) is 0.902. The molecule has 2 aromatic heterocycles. The van der Waals surface area contributed by atoms with Crippen LogP contribution in [0.5, 0.6) is 0 Å². The molecule has 22 heavy (non-hydrogen) atoms. The molecule has 0 spiro atoms. The van der Waals surface area contributed by atoms with E-state index in [0.29, 0.717) is 0 Å². The molecule has 1 saturated heterocycles. The molecule has 0 saturated carbocycles. The van der Waals surface area contributed by atoms with Crippen LogP contribution >= 0.6 is 24.8 Å². The van der Waals surface area contributed by atoms with Crippen LogP contribution in [-0.4, -0.2) is 39.4 Å². The molecule has 2 aromatic rings. The van der Waals surface area contributed by atoms with Crippen molar-refractivity contribution < 1.29 is 0 Å². The largest absolute Gasteiger partial charge is 0.357 e. The number of anilines is 1. The average molecular weight is 343 g/mol. The van der Waals surface area contributed by atoms with Crippen LogP contribution in [0.1, 0.15) is 18.7 Å². The Morgan fingerprint density at radius 2 is 1.82 bits per heavy atom. The zero-order valence-corrected chi connectivity index (χ0v) is 13.9. The van der Waals surface area contributed by atoms with Gasteiger partial charge in [0.2, 0.25) is 0 Å². The summed E-state index contributed by atoms with van der Waals surface area (Å²) < 4.78 is 2.17. The highest BCUT2D eigenvalue weighted by molar-refractivity contribution is 5.85. The minimum absolute atomic E-state index is 0. The van der Waals surface area contributed by atoms with Crippen LogP contribution in [-0.2, 0) is 13.1 Å². The van der Waals surface area contributed by atoms with Crippen LogP contribution in [0.2, 0.25) is 0 Å². The van der Waals surface area contributed by atoms with Gasteiger partial charge in [-0.2, -0.15) is 0 Å². The molecule has 1 N–H and O–H groups in total. The molecule has 6 nitrogen and oxygen atoms in total. The molecule has 1 fully saturated rings. The van der Waals surface area contributed by atoms with Gasteiger partial charge in [0.05, 0.1) is 6.54 Å². The molecule has 8 heteroatoms. The summed E-state index contributed by atoms with van der Waals surface area (Å²) in [5.41, 5.74) is 0.926. The summed E-state index contributed by atoms with van der Waals surface area (Å²) in [5.74, 6) is 2.95. The standard InChI is InChI=1S/C14H18N6.2ClH/c1-2-8-19(7-1)12-5-3-4-11(16-12)14-18-17-13-10-15-6-9-20(13)14;;/h3-5,15H,1-2,6-10H2;2*1H. The second-order valence-corrected chi connectivity index (χ2v) is 5.34.